The van der Waals surface area contributed by atoms with Crippen LogP contribution in [0.4, 0.5) is 0 Å². The van der Waals surface area contributed by atoms with Gasteiger partial charge in [0.2, 0.25) is 0 Å². The minimum absolute atomic E-state index is 0.0466. The molecule has 10 heteroatoms. The lowest BCUT2D eigenvalue weighted by molar-refractivity contribution is -0.870. The van der Waals surface area contributed by atoms with Crippen LogP contribution in [0.2, 0.25) is 0 Å². The Labute approximate surface area is 374 Å². The zero-order chi connectivity index (χ0) is 45.0. The van der Waals surface area contributed by atoms with Crippen LogP contribution in [0.5, 0.6) is 0 Å². The van der Waals surface area contributed by atoms with Gasteiger partial charge in [-0.2, -0.15) is 0 Å². The molecule has 0 amide bonds. The molecule has 0 saturated carbocycles. The highest BCUT2D eigenvalue weighted by Gasteiger charge is 2.21. The molecule has 0 radical (unpaired) electrons. The molecule has 61 heavy (non-hydrogen) atoms. The van der Waals surface area contributed by atoms with Crippen molar-refractivity contribution in [3.8, 4) is 0 Å². The van der Waals surface area contributed by atoms with Gasteiger partial charge in [0.25, 0.3) is 7.82 Å². The first-order valence-corrected chi connectivity index (χ1v) is 25.6. The van der Waals surface area contributed by atoms with Crippen LogP contribution in [0.15, 0.2) is 72.9 Å². The summed E-state index contributed by atoms with van der Waals surface area (Å²) in [6, 6.07) is 0. The van der Waals surface area contributed by atoms with Gasteiger partial charge in [0.05, 0.1) is 27.7 Å². The highest BCUT2D eigenvalue weighted by atomic mass is 31.2. The standard InChI is InChI=1S/C51H90NO8P/c1-6-8-10-12-14-16-18-20-22-24-26-28-30-32-34-36-38-40-42-44-51(54)60-49(48-59-61(55,56)58-46-45-52(3,4)5)47-57-50(53)43-41-39-37-35-33-31-29-27-25-23-21-19-17-15-13-11-9-7-2/h8,10,14,16,20,22,26,28,32,34,38,40,49H,6-7,9,11-13,15,17-19,21,23-25,27,29-31,33,35-37,39,41-48H2,1-5H3/b10-8-,16-14-,22-20-,28-26-,34-32-,40-38-. The Balaban J connectivity index is 4.41. The van der Waals surface area contributed by atoms with Crippen LogP contribution in [0.3, 0.4) is 0 Å². The molecule has 0 aromatic rings. The number of carbonyl (C=O) groups is 2. The fourth-order valence-corrected chi connectivity index (χ4v) is 7.00. The lowest BCUT2D eigenvalue weighted by Crippen LogP contribution is -2.37. The maximum absolute atomic E-state index is 12.7. The summed E-state index contributed by atoms with van der Waals surface area (Å²) < 4.78 is 33.9. The SMILES string of the molecule is CC/C=C\C/C=C\C/C=C\C/C=C\C/C=C\C/C=C\CCC(=O)OC(COC(=O)CCCCCCCCCCCCCCCCCCCC)COP(=O)([O-])OCC[N+](C)(C)C. The number of rotatable bonds is 43. The summed E-state index contributed by atoms with van der Waals surface area (Å²) in [6.45, 7) is 4.04. The van der Waals surface area contributed by atoms with Crippen molar-refractivity contribution in [1.29, 1.82) is 0 Å². The number of esters is 2. The minimum Gasteiger partial charge on any atom is -0.756 e. The summed E-state index contributed by atoms with van der Waals surface area (Å²) in [5, 5.41) is 0. The zero-order valence-electron chi connectivity index (χ0n) is 39.6. The second-order valence-corrected chi connectivity index (χ2v) is 18.5. The molecule has 2 unspecified atom stereocenters. The third kappa shape index (κ3) is 46.8. The largest absolute Gasteiger partial charge is 0.756 e. The van der Waals surface area contributed by atoms with Crippen LogP contribution in [0, 0.1) is 0 Å². The van der Waals surface area contributed by atoms with Gasteiger partial charge in [-0.3, -0.25) is 14.2 Å². The van der Waals surface area contributed by atoms with Crippen molar-refractivity contribution in [3.63, 3.8) is 0 Å². The monoisotopic (exact) mass is 876 g/mol. The summed E-state index contributed by atoms with van der Waals surface area (Å²) in [5.41, 5.74) is 0. The molecular formula is C51H90NO8P. The number of phosphoric ester groups is 1. The number of allylic oxidation sites excluding steroid dienone is 12. The Morgan fingerprint density at radius 3 is 1.36 bits per heavy atom. The highest BCUT2D eigenvalue weighted by Crippen LogP contribution is 2.38. The van der Waals surface area contributed by atoms with E-state index in [2.05, 4.69) is 74.6 Å². The summed E-state index contributed by atoms with van der Waals surface area (Å²) in [6.07, 6.45) is 53.8. The van der Waals surface area contributed by atoms with Crippen molar-refractivity contribution in [3.05, 3.63) is 72.9 Å². The predicted molar refractivity (Wildman–Crippen MR) is 254 cm³/mol. The smallest absolute Gasteiger partial charge is 0.306 e. The number of quaternary nitrogens is 1. The van der Waals surface area contributed by atoms with E-state index in [0.717, 1.165) is 57.8 Å². The average molecular weight is 876 g/mol. The third-order valence-electron chi connectivity index (χ3n) is 10.0. The molecule has 0 rings (SSSR count). The Morgan fingerprint density at radius 2 is 0.934 bits per heavy atom. The van der Waals surface area contributed by atoms with Gasteiger partial charge in [-0.15, -0.1) is 0 Å². The lowest BCUT2D eigenvalue weighted by Gasteiger charge is -2.28. The number of nitrogens with zero attached hydrogens (tertiary/aromatic N) is 1. The number of phosphoric acid groups is 1. The van der Waals surface area contributed by atoms with Gasteiger partial charge in [0.1, 0.15) is 19.8 Å². The van der Waals surface area contributed by atoms with Gasteiger partial charge < -0.3 is 27.9 Å². The zero-order valence-corrected chi connectivity index (χ0v) is 40.5. The first kappa shape index (κ1) is 58.5. The normalized spacial score (nSPS) is 14.1. The van der Waals surface area contributed by atoms with Gasteiger partial charge in [0.15, 0.2) is 6.10 Å². The lowest BCUT2D eigenvalue weighted by atomic mass is 10.0. The van der Waals surface area contributed by atoms with E-state index in [0.29, 0.717) is 17.4 Å². The molecule has 0 aromatic carbocycles. The molecule has 0 aliphatic rings. The first-order chi connectivity index (χ1) is 29.5. The number of hydrogen-bond acceptors (Lipinski definition) is 8. The summed E-state index contributed by atoms with van der Waals surface area (Å²) in [7, 11) is 1.11. The maximum Gasteiger partial charge on any atom is 0.306 e. The molecule has 0 heterocycles. The molecule has 2 atom stereocenters. The fourth-order valence-electron chi connectivity index (χ4n) is 6.27. The molecule has 9 nitrogen and oxygen atoms in total. The average Bonchev–Trinajstić information content (AvgIpc) is 3.21. The fraction of sp³-hybridized carbons (Fsp3) is 0.725. The second-order valence-electron chi connectivity index (χ2n) is 17.1. The Bertz CT molecular complexity index is 1270. The van der Waals surface area contributed by atoms with E-state index < -0.39 is 32.5 Å². The molecule has 0 fully saturated rings. The third-order valence-corrected chi connectivity index (χ3v) is 11.0. The highest BCUT2D eigenvalue weighted by molar-refractivity contribution is 7.45. The van der Waals surface area contributed by atoms with E-state index in [-0.39, 0.29) is 26.1 Å². The van der Waals surface area contributed by atoms with Crippen molar-refractivity contribution in [2.75, 3.05) is 47.5 Å². The number of likely N-dealkylation sites (N-methyl/N-ethyl adjacent to an activating group) is 1. The van der Waals surface area contributed by atoms with E-state index in [4.69, 9.17) is 18.5 Å². The van der Waals surface area contributed by atoms with E-state index >= 15 is 0 Å². The van der Waals surface area contributed by atoms with Crippen molar-refractivity contribution < 1.29 is 42.1 Å². The molecule has 0 aliphatic carbocycles. The first-order valence-electron chi connectivity index (χ1n) is 24.1. The minimum atomic E-state index is -4.65. The summed E-state index contributed by atoms with van der Waals surface area (Å²) in [4.78, 5) is 37.6. The van der Waals surface area contributed by atoms with Crippen LogP contribution in [0.1, 0.15) is 187 Å². The van der Waals surface area contributed by atoms with Crippen LogP contribution < -0.4 is 4.89 Å². The Morgan fingerprint density at radius 1 is 0.525 bits per heavy atom. The van der Waals surface area contributed by atoms with Crippen molar-refractivity contribution in [2.45, 2.75) is 193 Å². The molecule has 0 bridgehead atoms. The number of ether oxygens (including phenoxy) is 2. The number of carbonyl (C=O) groups excluding carboxylic acids is 2. The predicted octanol–water partition coefficient (Wildman–Crippen LogP) is 13.6. The van der Waals surface area contributed by atoms with E-state index in [1.807, 2.05) is 33.3 Å². The van der Waals surface area contributed by atoms with Crippen molar-refractivity contribution >= 4 is 19.8 Å². The van der Waals surface area contributed by atoms with Gasteiger partial charge in [-0.25, -0.2) is 0 Å². The van der Waals surface area contributed by atoms with Crippen molar-refractivity contribution in [2.24, 2.45) is 0 Å². The van der Waals surface area contributed by atoms with E-state index in [1.165, 1.54) is 96.3 Å². The van der Waals surface area contributed by atoms with Crippen LogP contribution >= 0.6 is 7.82 Å². The van der Waals surface area contributed by atoms with Gasteiger partial charge >= 0.3 is 11.9 Å². The molecule has 0 spiro atoms. The van der Waals surface area contributed by atoms with Gasteiger partial charge in [-0.1, -0.05) is 196 Å². The van der Waals surface area contributed by atoms with E-state index in [1.54, 1.807) is 0 Å². The van der Waals surface area contributed by atoms with Gasteiger partial charge in [0, 0.05) is 12.8 Å². The molecule has 0 aliphatic heterocycles. The Kier molecular flexibility index (Phi) is 40.9. The van der Waals surface area contributed by atoms with Gasteiger partial charge in [-0.05, 0) is 51.4 Å². The van der Waals surface area contributed by atoms with Crippen LogP contribution in [-0.4, -0.2) is 70.0 Å². The van der Waals surface area contributed by atoms with Crippen LogP contribution in [0.25, 0.3) is 0 Å². The Hall–Kier alpha value is -2.55. The summed E-state index contributed by atoms with van der Waals surface area (Å²) in [5.74, 6) is -0.931. The molecule has 0 N–H and O–H groups in total. The molecule has 352 valence electrons. The second kappa shape index (κ2) is 42.7. The molecule has 0 aromatic heterocycles. The topological polar surface area (TPSA) is 111 Å². The molecule has 0 saturated heterocycles. The summed E-state index contributed by atoms with van der Waals surface area (Å²) >= 11 is 0. The van der Waals surface area contributed by atoms with Crippen LogP contribution in [-0.2, 0) is 32.7 Å². The van der Waals surface area contributed by atoms with Crippen molar-refractivity contribution in [1.82, 2.24) is 0 Å². The number of unbranched alkanes of at least 4 members (excludes halogenated alkanes) is 17. The quantitative estimate of drug-likeness (QED) is 0.0196. The van der Waals surface area contributed by atoms with E-state index in [9.17, 15) is 19.0 Å². The number of hydrogen-bond donors (Lipinski definition) is 0. The maximum atomic E-state index is 12.7. The molecular weight excluding hydrogens is 786 g/mol.